The van der Waals surface area contributed by atoms with Gasteiger partial charge in [-0.15, -0.1) is 0 Å². The summed E-state index contributed by atoms with van der Waals surface area (Å²) >= 11 is 0. The van der Waals surface area contributed by atoms with Gasteiger partial charge in [0.05, 0.1) is 7.11 Å². The average Bonchev–Trinajstić information content (AvgIpc) is 2.02. The summed E-state index contributed by atoms with van der Waals surface area (Å²) in [5.41, 5.74) is -2.12. The van der Waals surface area contributed by atoms with Crippen LogP contribution in [0, 0.1) is 5.41 Å². The van der Waals surface area contributed by atoms with Gasteiger partial charge in [0.25, 0.3) is 0 Å². The summed E-state index contributed by atoms with van der Waals surface area (Å²) in [5.74, 6) is -1.22. The van der Waals surface area contributed by atoms with Crippen LogP contribution in [0.25, 0.3) is 0 Å². The van der Waals surface area contributed by atoms with Crippen LogP contribution in [0.15, 0.2) is 0 Å². The van der Waals surface area contributed by atoms with Gasteiger partial charge >= 0.3 is 6.09 Å². The van der Waals surface area contributed by atoms with E-state index in [9.17, 15) is 14.7 Å². The van der Waals surface area contributed by atoms with Crippen LogP contribution in [0.1, 0.15) is 27.7 Å². The minimum Gasteiger partial charge on any atom is -0.549 e. The fourth-order valence-corrected chi connectivity index (χ4v) is 0.718. The molecule has 0 unspecified atom stereocenters. The third kappa shape index (κ3) is 2.37. The summed E-state index contributed by atoms with van der Waals surface area (Å²) < 4.78 is 4.40. The first-order valence-electron chi connectivity index (χ1n) is 4.22. The van der Waals surface area contributed by atoms with Gasteiger partial charge in [-0.3, -0.25) is 0 Å². The van der Waals surface area contributed by atoms with Crippen LogP contribution in [0.3, 0.4) is 0 Å². The zero-order valence-corrected chi connectivity index (χ0v) is 9.13. The predicted octanol–water partition coefficient (Wildman–Crippen LogP) is -0.103. The lowest BCUT2D eigenvalue weighted by Gasteiger charge is -2.42. The second-order valence-electron chi connectivity index (χ2n) is 4.15. The van der Waals surface area contributed by atoms with E-state index in [0.717, 1.165) is 0 Å². The van der Waals surface area contributed by atoms with Gasteiger partial charge in [0.2, 0.25) is 0 Å². The van der Waals surface area contributed by atoms with Gasteiger partial charge in [0.1, 0.15) is 0 Å². The maximum atomic E-state index is 11.0. The molecular formula is C9H16NO4-. The second kappa shape index (κ2) is 3.86. The number of methoxy groups -OCH3 is 1. The van der Waals surface area contributed by atoms with Crippen LogP contribution in [-0.4, -0.2) is 24.7 Å². The first-order chi connectivity index (χ1) is 6.15. The molecule has 1 amide bonds. The van der Waals surface area contributed by atoms with Crippen molar-refractivity contribution in [3.8, 4) is 0 Å². The first-order valence-corrected chi connectivity index (χ1v) is 4.22. The molecule has 5 nitrogen and oxygen atoms in total. The van der Waals surface area contributed by atoms with Crippen molar-refractivity contribution >= 4 is 12.1 Å². The molecule has 0 aliphatic heterocycles. The van der Waals surface area contributed by atoms with Gasteiger partial charge in [0.15, 0.2) is 0 Å². The van der Waals surface area contributed by atoms with Crippen molar-refractivity contribution in [1.82, 2.24) is 5.32 Å². The molecule has 0 bridgehead atoms. The van der Waals surface area contributed by atoms with E-state index in [0.29, 0.717) is 0 Å². The third-order valence-electron chi connectivity index (χ3n) is 2.67. The Bertz CT molecular complexity index is 245. The Kier molecular flexibility index (Phi) is 3.51. The Labute approximate surface area is 83.4 Å². The highest BCUT2D eigenvalue weighted by molar-refractivity contribution is 5.76. The molecule has 0 saturated heterocycles. The van der Waals surface area contributed by atoms with Gasteiger partial charge < -0.3 is 20.0 Å². The van der Waals surface area contributed by atoms with Crippen LogP contribution in [0.5, 0.6) is 0 Å². The molecule has 0 saturated carbocycles. The van der Waals surface area contributed by atoms with Gasteiger partial charge in [-0.2, -0.15) is 0 Å². The van der Waals surface area contributed by atoms with E-state index in [1.54, 1.807) is 13.8 Å². The summed E-state index contributed by atoms with van der Waals surface area (Å²) in [6.45, 7) is 6.16. The van der Waals surface area contributed by atoms with Crippen LogP contribution in [0.4, 0.5) is 4.79 Å². The Morgan fingerprint density at radius 2 is 1.64 bits per heavy atom. The zero-order valence-electron chi connectivity index (χ0n) is 9.13. The van der Waals surface area contributed by atoms with E-state index in [1.165, 1.54) is 21.0 Å². The summed E-state index contributed by atoms with van der Waals surface area (Å²) in [6, 6.07) is 0. The van der Waals surface area contributed by atoms with Crippen molar-refractivity contribution in [1.29, 1.82) is 0 Å². The van der Waals surface area contributed by atoms with Gasteiger partial charge in [-0.25, -0.2) is 4.79 Å². The standard InChI is InChI=1S/C9H17NO4/c1-8(2,6(11)12)9(3,4)10-7(13)14-5/h1-5H3,(H,10,13)(H,11,12)/p-1. The number of carboxylic acids is 1. The minimum absolute atomic E-state index is 0.663. The number of nitrogens with one attached hydrogen (secondary N) is 1. The summed E-state index contributed by atoms with van der Waals surface area (Å²) in [4.78, 5) is 21.8. The number of carboxylic acid groups (broad SMARTS) is 1. The van der Waals surface area contributed by atoms with Crippen molar-refractivity contribution in [2.45, 2.75) is 33.2 Å². The molecule has 0 aliphatic carbocycles. The fourth-order valence-electron chi connectivity index (χ4n) is 0.718. The smallest absolute Gasteiger partial charge is 0.407 e. The molecule has 0 heterocycles. The number of carbonyl (C=O) groups is 2. The molecule has 0 aromatic heterocycles. The fraction of sp³-hybridized carbons (Fsp3) is 0.778. The minimum atomic E-state index is -1.22. The topological polar surface area (TPSA) is 78.5 Å². The lowest BCUT2D eigenvalue weighted by molar-refractivity contribution is -0.320. The maximum Gasteiger partial charge on any atom is 0.407 e. The summed E-state index contributed by atoms with van der Waals surface area (Å²) in [7, 11) is 1.22. The maximum absolute atomic E-state index is 11.0. The Balaban J connectivity index is 4.77. The quantitative estimate of drug-likeness (QED) is 0.693. The summed E-state index contributed by atoms with van der Waals surface area (Å²) in [5, 5.41) is 13.3. The van der Waals surface area contributed by atoms with E-state index < -0.39 is 23.0 Å². The van der Waals surface area contributed by atoms with Crippen LogP contribution < -0.4 is 10.4 Å². The number of amides is 1. The van der Waals surface area contributed by atoms with Gasteiger partial charge in [-0.1, -0.05) is 13.8 Å². The number of hydrogen-bond acceptors (Lipinski definition) is 4. The van der Waals surface area contributed by atoms with E-state index in [1.807, 2.05) is 0 Å². The molecule has 0 aromatic carbocycles. The highest BCUT2D eigenvalue weighted by Gasteiger charge is 2.39. The molecule has 0 atom stereocenters. The van der Waals surface area contributed by atoms with E-state index in [4.69, 9.17) is 0 Å². The molecule has 0 aromatic rings. The van der Waals surface area contributed by atoms with Crippen molar-refractivity contribution in [2.75, 3.05) is 7.11 Å². The highest BCUT2D eigenvalue weighted by Crippen LogP contribution is 2.29. The Morgan fingerprint density at radius 3 is 1.93 bits per heavy atom. The number of hydrogen-bond donors (Lipinski definition) is 1. The molecule has 0 radical (unpaired) electrons. The molecule has 0 aliphatic rings. The van der Waals surface area contributed by atoms with Crippen molar-refractivity contribution in [2.24, 2.45) is 5.41 Å². The third-order valence-corrected chi connectivity index (χ3v) is 2.67. The Hall–Kier alpha value is -1.26. The van der Waals surface area contributed by atoms with E-state index >= 15 is 0 Å². The molecule has 1 N–H and O–H groups in total. The van der Waals surface area contributed by atoms with Gasteiger partial charge in [0, 0.05) is 16.9 Å². The molecule has 82 valence electrons. The van der Waals surface area contributed by atoms with E-state index in [2.05, 4.69) is 10.1 Å². The second-order valence-corrected chi connectivity index (χ2v) is 4.15. The SMILES string of the molecule is COC(=O)NC(C)(C)C(C)(C)C(=O)[O-]. The van der Waals surface area contributed by atoms with E-state index in [-0.39, 0.29) is 0 Å². The normalized spacial score (nSPS) is 12.1. The molecule has 0 spiro atoms. The molecule has 14 heavy (non-hydrogen) atoms. The van der Waals surface area contributed by atoms with Crippen molar-refractivity contribution in [3.63, 3.8) is 0 Å². The van der Waals surface area contributed by atoms with Crippen molar-refractivity contribution in [3.05, 3.63) is 0 Å². The lowest BCUT2D eigenvalue weighted by Crippen LogP contribution is -2.60. The van der Waals surface area contributed by atoms with Crippen LogP contribution >= 0.6 is 0 Å². The monoisotopic (exact) mass is 202 g/mol. The van der Waals surface area contributed by atoms with Crippen LogP contribution in [0.2, 0.25) is 0 Å². The number of alkyl carbamates (subject to hydrolysis) is 1. The highest BCUT2D eigenvalue weighted by atomic mass is 16.5. The molecular weight excluding hydrogens is 186 g/mol. The van der Waals surface area contributed by atoms with Crippen molar-refractivity contribution < 1.29 is 19.4 Å². The molecule has 0 rings (SSSR count). The number of rotatable bonds is 3. The summed E-state index contributed by atoms with van der Waals surface area (Å²) in [6.07, 6.45) is -0.663. The Morgan fingerprint density at radius 1 is 1.21 bits per heavy atom. The number of carbonyl (C=O) groups excluding carboxylic acids is 2. The largest absolute Gasteiger partial charge is 0.549 e. The number of aliphatic carboxylic acids is 1. The zero-order chi connectivity index (χ0) is 11.6. The predicted molar refractivity (Wildman–Crippen MR) is 48.4 cm³/mol. The first kappa shape index (κ1) is 12.7. The molecule has 5 heteroatoms. The lowest BCUT2D eigenvalue weighted by atomic mass is 9.74. The molecule has 0 fully saturated rings. The number of ether oxygens (including phenoxy) is 1. The van der Waals surface area contributed by atoms with Crippen LogP contribution in [-0.2, 0) is 9.53 Å². The average molecular weight is 202 g/mol. The van der Waals surface area contributed by atoms with Gasteiger partial charge in [-0.05, 0) is 13.8 Å².